The molecule has 0 aliphatic carbocycles. The van der Waals surface area contributed by atoms with Gasteiger partial charge in [-0.3, -0.25) is 0 Å². The van der Waals surface area contributed by atoms with Crippen LogP contribution in [-0.2, 0) is 47.5 Å². The van der Waals surface area contributed by atoms with Gasteiger partial charge in [0.15, 0.2) is 24.2 Å². The van der Waals surface area contributed by atoms with Crippen LogP contribution >= 0.6 is 0 Å². The number of ether oxygens (including phenoxy) is 8. The molecule has 4 fully saturated rings. The Morgan fingerprint density at radius 1 is 0.597 bits per heavy atom. The molecule has 5 aliphatic rings. The van der Waals surface area contributed by atoms with Crippen LogP contribution in [-0.4, -0.2) is 162 Å². The maximum absolute atomic E-state index is 13.7. The summed E-state index contributed by atoms with van der Waals surface area (Å²) in [4.78, 5) is 27.3. The second-order valence-corrected chi connectivity index (χ2v) is 23.2. The highest BCUT2D eigenvalue weighted by atomic mass is 16.7. The molecule has 26 atom stereocenters. The van der Waals surface area contributed by atoms with Crippen molar-refractivity contribution in [2.45, 2.75) is 239 Å². The van der Waals surface area contributed by atoms with Gasteiger partial charge in [0.25, 0.3) is 0 Å². The van der Waals surface area contributed by atoms with Crippen LogP contribution in [0.15, 0.2) is 71.9 Å². The summed E-state index contributed by atoms with van der Waals surface area (Å²) in [6, 6.07) is 0. The van der Waals surface area contributed by atoms with Gasteiger partial charge in [-0.2, -0.15) is 0 Å². The molecule has 0 spiro atoms. The van der Waals surface area contributed by atoms with E-state index in [0.29, 0.717) is 17.6 Å². The zero-order valence-electron chi connectivity index (χ0n) is 47.8. The molecule has 18 nitrogen and oxygen atoms in total. The fraction of sp³-hybridized carbons (Fsp3) is 0.763. The molecule has 18 heteroatoms. The van der Waals surface area contributed by atoms with Crippen molar-refractivity contribution in [3.8, 4) is 0 Å². The van der Waals surface area contributed by atoms with Gasteiger partial charge in [-0.1, -0.05) is 115 Å². The van der Waals surface area contributed by atoms with Crippen LogP contribution in [0.3, 0.4) is 0 Å². The molecule has 4 saturated heterocycles. The van der Waals surface area contributed by atoms with E-state index in [-0.39, 0.29) is 37.5 Å². The molecule has 0 bridgehead atoms. The molecule has 0 aromatic rings. The molecule has 5 heterocycles. The van der Waals surface area contributed by atoms with Gasteiger partial charge in [-0.25, -0.2) is 9.59 Å². The summed E-state index contributed by atoms with van der Waals surface area (Å²) in [7, 11) is 0. The highest BCUT2D eigenvalue weighted by Crippen LogP contribution is 2.44. The monoisotopic (exact) mass is 1090 g/mol. The zero-order chi connectivity index (χ0) is 57.4. The Bertz CT molecular complexity index is 2080. The lowest BCUT2D eigenvalue weighted by Gasteiger charge is -2.50. The van der Waals surface area contributed by atoms with Gasteiger partial charge >= 0.3 is 11.9 Å². The number of carbonyl (C=O) groups is 2. The first-order chi connectivity index (χ1) is 36.0. The van der Waals surface area contributed by atoms with E-state index in [4.69, 9.17) is 37.9 Å². The summed E-state index contributed by atoms with van der Waals surface area (Å²) in [6.07, 6.45) is 3.51. The van der Waals surface area contributed by atoms with Crippen LogP contribution in [0.5, 0.6) is 0 Å². The lowest BCUT2D eigenvalue weighted by atomic mass is 9.76. The molecule has 0 radical (unpaired) electrons. The molecular formula is C59H94O18. The Labute approximate surface area is 456 Å². The lowest BCUT2D eigenvalue weighted by Crippen LogP contribution is -2.59. The minimum atomic E-state index is -1.87. The van der Waals surface area contributed by atoms with Gasteiger partial charge < -0.3 is 78.7 Å². The Morgan fingerprint density at radius 2 is 0.987 bits per heavy atom. The molecule has 5 rings (SSSR count). The Morgan fingerprint density at radius 3 is 1.39 bits per heavy atom. The van der Waals surface area contributed by atoms with E-state index in [2.05, 4.69) is 0 Å². The number of esters is 2. The highest BCUT2D eigenvalue weighted by molar-refractivity contribution is 5.83. The molecule has 438 valence electrons. The second-order valence-electron chi connectivity index (χ2n) is 23.2. The average Bonchev–Trinajstić information content (AvgIpc) is 3.36. The van der Waals surface area contributed by atoms with Gasteiger partial charge in [0.2, 0.25) is 0 Å². The Kier molecular flexibility index (Phi) is 23.5. The Hall–Kier alpha value is -3.18. The van der Waals surface area contributed by atoms with E-state index in [0.717, 1.165) is 0 Å². The summed E-state index contributed by atoms with van der Waals surface area (Å²) in [5.74, 6) is -9.66. The smallest absolute Gasteiger partial charge is 0.331 e. The summed E-state index contributed by atoms with van der Waals surface area (Å²) in [6.45, 7) is 25.0. The van der Waals surface area contributed by atoms with Gasteiger partial charge in [0.05, 0.1) is 61.0 Å². The fourth-order valence-corrected chi connectivity index (χ4v) is 11.6. The van der Waals surface area contributed by atoms with E-state index in [1.54, 1.807) is 91.8 Å². The van der Waals surface area contributed by atoms with Gasteiger partial charge in [0, 0.05) is 85.2 Å². The number of cyclic esters (lactones) is 2. The molecule has 0 aromatic heterocycles. The van der Waals surface area contributed by atoms with Crippen molar-refractivity contribution < 1.29 is 88.3 Å². The third kappa shape index (κ3) is 16.5. The summed E-state index contributed by atoms with van der Waals surface area (Å²) >= 11 is 0. The van der Waals surface area contributed by atoms with E-state index in [1.165, 1.54) is 12.2 Å². The SMILES string of the molecule is CC[C@@H]1[C@@H](C)O[C@@](O)([C@@H](C)[C@H](O)[C@H](C)[C@H]2OC(=O)/C=C/C(C)=C/C=C/[C@H](C)[C@@H]([C@@H](C)[C@@H](O)[C@H](C)[C@@]3(O)C[C@@H](O[C@H]4C[C@H](O)[C@H](O)[C@H](C)O4)[C@H](C)[C@@H](C)O3)OC(=O)/C=C/C(C)=C/C=C/[C@@H]2C)C[C@H]1O[C@H]1C[C@H](O)[C@H](O)[C@H](C)O1. The van der Waals surface area contributed by atoms with Crippen molar-refractivity contribution in [2.75, 3.05) is 0 Å². The summed E-state index contributed by atoms with van der Waals surface area (Å²) < 4.78 is 49.2. The van der Waals surface area contributed by atoms with Crippen LogP contribution in [0, 0.1) is 47.3 Å². The van der Waals surface area contributed by atoms with Crippen molar-refractivity contribution >= 4 is 11.9 Å². The predicted molar refractivity (Wildman–Crippen MR) is 286 cm³/mol. The van der Waals surface area contributed by atoms with Crippen molar-refractivity contribution in [3.63, 3.8) is 0 Å². The molecule has 8 N–H and O–H groups in total. The number of rotatable bonds is 13. The standard InChI is InChI=1S/C59H94O18/c1-15-43-40(12)77-59(69,29-47(43)73-51-27-45(61)55(67)42(14)71-51)38(10)53(65)36(8)57-33(5)21-17-19-31(3)22-24-48(62)74-56(32(4)20-16-18-30(2)23-25-49(63)75-57)35(7)52(64)37(9)58(68)28-46(34(6)39(11)76-58)72-50-26-44(60)54(66)41(13)70-50/h16-25,32-47,50-57,60-61,64-69H,15,26-29H2,1-14H3/b20-16+,21-17+,24-22+,25-23+,30-18+,31-19+/t32-,33-,34+,35-,36-,37-,38-,39+,40+,41-,42-,43+,44-,45-,46+,47+,50-,51-,52+,53+,54+,55+,56-,57-,58+,59+/m0/s1. The maximum atomic E-state index is 13.7. The van der Waals surface area contributed by atoms with Crippen LogP contribution < -0.4 is 0 Å². The summed E-state index contributed by atoms with van der Waals surface area (Å²) in [5, 5.41) is 89.9. The average molecular weight is 1090 g/mol. The largest absolute Gasteiger partial charge is 0.458 e. The van der Waals surface area contributed by atoms with E-state index < -0.39 is 157 Å². The van der Waals surface area contributed by atoms with Crippen LogP contribution in [0.1, 0.15) is 129 Å². The van der Waals surface area contributed by atoms with Crippen molar-refractivity contribution in [1.82, 2.24) is 0 Å². The topological polar surface area (TPSA) is 270 Å². The first-order valence-electron chi connectivity index (χ1n) is 28.0. The van der Waals surface area contributed by atoms with Gasteiger partial charge in [-0.05, 0) is 48.0 Å². The molecule has 0 unspecified atom stereocenters. The van der Waals surface area contributed by atoms with Crippen LogP contribution in [0.2, 0.25) is 0 Å². The normalized spacial score (nSPS) is 45.7. The summed E-state index contributed by atoms with van der Waals surface area (Å²) in [5.41, 5.74) is 1.35. The third-order valence-electron chi connectivity index (χ3n) is 17.3. The van der Waals surface area contributed by atoms with E-state index in [1.807, 2.05) is 53.7 Å². The number of carbonyl (C=O) groups excluding carboxylic acids is 2. The van der Waals surface area contributed by atoms with E-state index in [9.17, 15) is 50.4 Å². The number of aliphatic hydroxyl groups is 8. The fourth-order valence-electron chi connectivity index (χ4n) is 11.6. The van der Waals surface area contributed by atoms with Crippen LogP contribution in [0.25, 0.3) is 0 Å². The minimum Gasteiger partial charge on any atom is -0.458 e. The second kappa shape index (κ2) is 28.0. The number of hydrogen-bond acceptors (Lipinski definition) is 18. The minimum absolute atomic E-state index is 0.0185. The maximum Gasteiger partial charge on any atom is 0.331 e. The number of hydrogen-bond donors (Lipinski definition) is 8. The van der Waals surface area contributed by atoms with E-state index >= 15 is 0 Å². The highest BCUT2D eigenvalue weighted by Gasteiger charge is 2.54. The lowest BCUT2D eigenvalue weighted by molar-refractivity contribution is -0.345. The first-order valence-corrected chi connectivity index (χ1v) is 28.0. The van der Waals surface area contributed by atoms with Crippen molar-refractivity contribution in [3.05, 3.63) is 71.9 Å². The van der Waals surface area contributed by atoms with Gasteiger partial charge in [0.1, 0.15) is 24.4 Å². The number of aliphatic hydroxyl groups excluding tert-OH is 6. The molecular weight excluding hydrogens is 997 g/mol. The van der Waals surface area contributed by atoms with Gasteiger partial charge in [-0.15, -0.1) is 0 Å². The quantitative estimate of drug-likeness (QED) is 0.104. The predicted octanol–water partition coefficient (Wildman–Crippen LogP) is 5.62. The Balaban J connectivity index is 1.33. The molecule has 77 heavy (non-hydrogen) atoms. The third-order valence-corrected chi connectivity index (χ3v) is 17.3. The molecule has 5 aliphatic heterocycles. The number of allylic oxidation sites excluding steroid dienone is 8. The molecule has 0 saturated carbocycles. The zero-order valence-corrected chi connectivity index (χ0v) is 47.8. The van der Waals surface area contributed by atoms with Crippen LogP contribution in [0.4, 0.5) is 0 Å². The first kappa shape index (κ1) is 64.6. The molecule has 0 amide bonds. The molecule has 0 aromatic carbocycles. The van der Waals surface area contributed by atoms with Crippen molar-refractivity contribution in [1.29, 1.82) is 0 Å². The van der Waals surface area contributed by atoms with Crippen molar-refractivity contribution in [2.24, 2.45) is 47.3 Å².